The highest BCUT2D eigenvalue weighted by Crippen LogP contribution is 2.05. The van der Waals surface area contributed by atoms with Crippen LogP contribution in [0.1, 0.15) is 20.3 Å². The van der Waals surface area contributed by atoms with Crippen molar-refractivity contribution in [3.63, 3.8) is 0 Å². The Labute approximate surface area is 69.1 Å². The number of nitrogens with zero attached hydrogens (tertiary/aromatic N) is 1. The van der Waals surface area contributed by atoms with Crippen molar-refractivity contribution in [2.45, 2.75) is 20.3 Å². The lowest BCUT2D eigenvalue weighted by molar-refractivity contribution is -0.811. The third kappa shape index (κ3) is 2.85. The summed E-state index contributed by atoms with van der Waals surface area (Å²) in [6, 6.07) is 0. The van der Waals surface area contributed by atoms with Crippen molar-refractivity contribution in [1.82, 2.24) is 0 Å². The highest BCUT2D eigenvalue weighted by molar-refractivity contribution is 5.86. The van der Waals surface area contributed by atoms with Gasteiger partial charge < -0.3 is 0 Å². The van der Waals surface area contributed by atoms with Gasteiger partial charge in [0.25, 0.3) is 0 Å². The lowest BCUT2D eigenvalue weighted by Crippen LogP contribution is -2.46. The Kier molecular flexibility index (Phi) is 3.46. The average molecular weight is 156 g/mol. The summed E-state index contributed by atoms with van der Waals surface area (Å²) in [5.74, 6) is 0.131. The Morgan fingerprint density at radius 3 is 2.18 bits per heavy atom. The lowest BCUT2D eigenvalue weighted by Gasteiger charge is -2.25. The van der Waals surface area contributed by atoms with Gasteiger partial charge in [-0.1, -0.05) is 13.5 Å². The predicted molar refractivity (Wildman–Crippen MR) is 47.1 cm³/mol. The molecule has 0 bridgehead atoms. The molecule has 0 aromatic heterocycles. The van der Waals surface area contributed by atoms with Gasteiger partial charge in [0.05, 0.1) is 20.6 Å². The van der Waals surface area contributed by atoms with E-state index in [1.165, 1.54) is 0 Å². The average Bonchev–Trinajstić information content (AvgIpc) is 1.86. The van der Waals surface area contributed by atoms with Crippen LogP contribution in [-0.4, -0.2) is 31.0 Å². The monoisotopic (exact) mass is 156 g/mol. The smallest absolute Gasteiger partial charge is 0.261 e. The Hall–Kier alpha value is -0.630. The number of likely N-dealkylation sites (N-methyl/N-ethyl adjacent to an activating group) is 1. The molecule has 64 valence electrons. The van der Waals surface area contributed by atoms with Gasteiger partial charge in [0.2, 0.25) is 0 Å². The first-order chi connectivity index (χ1) is 4.91. The number of carbonyl (C=O) groups excluding carboxylic acids is 1. The first-order valence-electron chi connectivity index (χ1n) is 3.95. The van der Waals surface area contributed by atoms with Gasteiger partial charge in [-0.25, -0.2) is 4.79 Å². The molecule has 1 amide bonds. The molecular weight excluding hydrogens is 138 g/mol. The number of amides is 1. The fourth-order valence-corrected chi connectivity index (χ4v) is 1.18. The number of hydrogen-bond donors (Lipinski definition) is 0. The number of quaternary nitrogens is 1. The van der Waals surface area contributed by atoms with E-state index in [1.807, 2.05) is 14.1 Å². The fraction of sp³-hybridized carbons (Fsp3) is 0.667. The summed E-state index contributed by atoms with van der Waals surface area (Å²) in [5, 5.41) is 0. The van der Waals surface area contributed by atoms with Crippen molar-refractivity contribution in [3.05, 3.63) is 12.2 Å². The van der Waals surface area contributed by atoms with Crippen LogP contribution in [0.4, 0.5) is 0 Å². The van der Waals surface area contributed by atoms with Crippen LogP contribution >= 0.6 is 0 Å². The molecule has 0 rings (SSSR count). The molecule has 0 N–H and O–H groups in total. The minimum atomic E-state index is 0.131. The van der Waals surface area contributed by atoms with E-state index in [9.17, 15) is 4.79 Å². The maximum Gasteiger partial charge on any atom is 0.340 e. The van der Waals surface area contributed by atoms with Crippen molar-refractivity contribution in [3.8, 4) is 0 Å². The second-order valence-electron chi connectivity index (χ2n) is 3.49. The SMILES string of the molecule is C=C(C)C(=O)[N+](C)(C)CCC. The third-order valence-electron chi connectivity index (χ3n) is 1.70. The van der Waals surface area contributed by atoms with Crippen molar-refractivity contribution in [2.75, 3.05) is 20.6 Å². The van der Waals surface area contributed by atoms with Gasteiger partial charge in [-0.05, 0) is 13.3 Å². The Balaban J connectivity index is 4.29. The van der Waals surface area contributed by atoms with Gasteiger partial charge in [0, 0.05) is 5.57 Å². The topological polar surface area (TPSA) is 17.1 Å². The van der Waals surface area contributed by atoms with Crippen LogP contribution in [0.25, 0.3) is 0 Å². The van der Waals surface area contributed by atoms with Gasteiger partial charge in [0.15, 0.2) is 0 Å². The van der Waals surface area contributed by atoms with Crippen molar-refractivity contribution in [2.24, 2.45) is 0 Å². The molecule has 0 unspecified atom stereocenters. The highest BCUT2D eigenvalue weighted by atomic mass is 16.2. The normalized spacial score (nSPS) is 11.3. The third-order valence-corrected chi connectivity index (χ3v) is 1.70. The Morgan fingerprint density at radius 1 is 1.45 bits per heavy atom. The fourth-order valence-electron chi connectivity index (χ4n) is 1.18. The first-order valence-corrected chi connectivity index (χ1v) is 3.95. The lowest BCUT2D eigenvalue weighted by atomic mass is 10.2. The van der Waals surface area contributed by atoms with Crippen LogP contribution in [0, 0.1) is 0 Å². The molecular formula is C9H18NO+. The zero-order valence-electron chi connectivity index (χ0n) is 7.98. The second-order valence-corrected chi connectivity index (χ2v) is 3.49. The van der Waals surface area contributed by atoms with Gasteiger partial charge in [0.1, 0.15) is 0 Å². The van der Waals surface area contributed by atoms with Crippen LogP contribution in [0.3, 0.4) is 0 Å². The zero-order chi connectivity index (χ0) is 9.07. The molecule has 0 aliphatic heterocycles. The largest absolute Gasteiger partial charge is 0.340 e. The van der Waals surface area contributed by atoms with E-state index in [4.69, 9.17) is 0 Å². The van der Waals surface area contributed by atoms with E-state index < -0.39 is 0 Å². The molecule has 0 spiro atoms. The Morgan fingerprint density at radius 2 is 1.91 bits per heavy atom. The van der Waals surface area contributed by atoms with Crippen LogP contribution in [0.5, 0.6) is 0 Å². The van der Waals surface area contributed by atoms with E-state index >= 15 is 0 Å². The van der Waals surface area contributed by atoms with Crippen LogP contribution in [0.2, 0.25) is 0 Å². The van der Waals surface area contributed by atoms with Crippen LogP contribution in [-0.2, 0) is 4.79 Å². The summed E-state index contributed by atoms with van der Waals surface area (Å²) in [7, 11) is 3.83. The number of carbonyl (C=O) groups is 1. The molecule has 0 aromatic carbocycles. The molecule has 2 nitrogen and oxygen atoms in total. The van der Waals surface area contributed by atoms with Crippen molar-refractivity contribution >= 4 is 5.91 Å². The molecule has 0 aliphatic carbocycles. The molecule has 0 aliphatic rings. The zero-order valence-corrected chi connectivity index (χ0v) is 7.98. The molecule has 0 saturated carbocycles. The van der Waals surface area contributed by atoms with E-state index in [0.29, 0.717) is 10.1 Å². The van der Waals surface area contributed by atoms with Crippen molar-refractivity contribution < 1.29 is 9.28 Å². The van der Waals surface area contributed by atoms with E-state index in [2.05, 4.69) is 13.5 Å². The Bertz CT molecular complexity index is 170. The molecule has 0 heterocycles. The summed E-state index contributed by atoms with van der Waals surface area (Å²) in [5.41, 5.74) is 0.642. The molecule has 0 saturated heterocycles. The maximum atomic E-state index is 11.4. The molecule has 11 heavy (non-hydrogen) atoms. The molecule has 0 fully saturated rings. The first kappa shape index (κ1) is 10.4. The van der Waals surface area contributed by atoms with Crippen molar-refractivity contribution in [1.29, 1.82) is 0 Å². The van der Waals surface area contributed by atoms with Gasteiger partial charge >= 0.3 is 5.91 Å². The summed E-state index contributed by atoms with van der Waals surface area (Å²) >= 11 is 0. The van der Waals surface area contributed by atoms with E-state index in [0.717, 1.165) is 13.0 Å². The molecule has 0 atom stereocenters. The predicted octanol–water partition coefficient (Wildman–Crippen LogP) is 1.58. The summed E-state index contributed by atoms with van der Waals surface area (Å²) in [6.07, 6.45) is 1.02. The standard InChI is InChI=1S/C9H18NO/c1-6-7-10(4,5)9(11)8(2)3/h2,6-7H2,1,3-5H3/q+1. The van der Waals surface area contributed by atoms with Gasteiger partial charge in [-0.2, -0.15) is 0 Å². The van der Waals surface area contributed by atoms with Crippen LogP contribution in [0.15, 0.2) is 12.2 Å². The minimum absolute atomic E-state index is 0.131. The van der Waals surface area contributed by atoms with E-state index in [-0.39, 0.29) is 5.91 Å². The molecule has 2 heteroatoms. The highest BCUT2D eigenvalue weighted by Gasteiger charge is 2.25. The quantitative estimate of drug-likeness (QED) is 0.448. The number of rotatable bonds is 3. The molecule has 0 aromatic rings. The second kappa shape index (κ2) is 3.67. The number of hydrogen-bond acceptors (Lipinski definition) is 1. The molecule has 0 radical (unpaired) electrons. The van der Waals surface area contributed by atoms with E-state index in [1.54, 1.807) is 6.92 Å². The minimum Gasteiger partial charge on any atom is -0.261 e. The summed E-state index contributed by atoms with van der Waals surface area (Å²) in [6.45, 7) is 8.36. The maximum absolute atomic E-state index is 11.4. The summed E-state index contributed by atoms with van der Waals surface area (Å²) < 4.78 is 0.422. The van der Waals surface area contributed by atoms with Gasteiger partial charge in [-0.3, -0.25) is 4.48 Å². The summed E-state index contributed by atoms with van der Waals surface area (Å²) in [4.78, 5) is 11.4. The van der Waals surface area contributed by atoms with Gasteiger partial charge in [-0.15, -0.1) is 0 Å². The van der Waals surface area contributed by atoms with Crippen LogP contribution < -0.4 is 0 Å².